The van der Waals surface area contributed by atoms with Crippen LogP contribution in [0.3, 0.4) is 0 Å². The predicted molar refractivity (Wildman–Crippen MR) is 154 cm³/mol. The fraction of sp³-hybridized carbons (Fsp3) is 0.0588. The number of aromatic nitrogens is 1. The van der Waals surface area contributed by atoms with E-state index in [0.29, 0.717) is 12.1 Å². The van der Waals surface area contributed by atoms with Crippen molar-refractivity contribution in [1.82, 2.24) is 9.72 Å². The lowest BCUT2D eigenvalue weighted by atomic mass is 10.0. The van der Waals surface area contributed by atoms with Gasteiger partial charge in [-0.25, -0.2) is 4.79 Å². The molecule has 4 aromatic carbocycles. The Kier molecular flexibility index (Phi) is 6.39. The fourth-order valence-electron chi connectivity index (χ4n) is 5.01. The summed E-state index contributed by atoms with van der Waals surface area (Å²) in [7, 11) is 0. The molecule has 0 saturated heterocycles. The van der Waals surface area contributed by atoms with Crippen molar-refractivity contribution in [3.05, 3.63) is 149 Å². The van der Waals surface area contributed by atoms with E-state index in [-0.39, 0.29) is 18.0 Å². The molecule has 6 aromatic rings. The van der Waals surface area contributed by atoms with Crippen molar-refractivity contribution in [2.24, 2.45) is 0 Å². The zero-order valence-electron chi connectivity index (χ0n) is 21.2. The Morgan fingerprint density at radius 2 is 1.38 bits per heavy atom. The van der Waals surface area contributed by atoms with Crippen LogP contribution in [0, 0.1) is 0 Å². The van der Waals surface area contributed by atoms with Crippen LogP contribution in [0.25, 0.3) is 27.4 Å². The van der Waals surface area contributed by atoms with Crippen LogP contribution in [0.5, 0.6) is 0 Å². The zero-order valence-corrected chi connectivity index (χ0v) is 21.2. The van der Waals surface area contributed by atoms with Gasteiger partial charge in [-0.1, -0.05) is 84.9 Å². The van der Waals surface area contributed by atoms with E-state index in [1.807, 2.05) is 52.9 Å². The topological polar surface area (TPSA) is 70.8 Å². The number of pyridine rings is 1. The average molecular weight is 511 g/mol. The van der Waals surface area contributed by atoms with Crippen LogP contribution in [0.1, 0.15) is 37.7 Å². The summed E-state index contributed by atoms with van der Waals surface area (Å²) < 4.78 is 2.03. The molecule has 2 N–H and O–H groups in total. The number of hydrogen-bond donors (Lipinski definition) is 2. The molecule has 0 fully saturated rings. The first-order valence-corrected chi connectivity index (χ1v) is 12.8. The smallest absolute Gasteiger partial charge is 0.335 e. The Morgan fingerprint density at radius 1 is 0.667 bits per heavy atom. The van der Waals surface area contributed by atoms with Crippen LogP contribution in [0.15, 0.2) is 121 Å². The molecule has 0 bridgehead atoms. The summed E-state index contributed by atoms with van der Waals surface area (Å²) in [6.07, 6.45) is 0.681. The maximum atomic E-state index is 13.6. The lowest BCUT2D eigenvalue weighted by molar-refractivity contribution is 0.0696. The van der Waals surface area contributed by atoms with Crippen LogP contribution in [-0.4, -0.2) is 21.4 Å². The Hall–Kier alpha value is -5.16. The van der Waals surface area contributed by atoms with Gasteiger partial charge in [-0.15, -0.1) is 0 Å². The summed E-state index contributed by atoms with van der Waals surface area (Å²) in [6.45, 7) is 0.289. The first kappa shape index (κ1) is 24.2. The van der Waals surface area contributed by atoms with Gasteiger partial charge in [-0.2, -0.15) is 0 Å². The Morgan fingerprint density at radius 3 is 2.15 bits per heavy atom. The van der Waals surface area contributed by atoms with Crippen molar-refractivity contribution >= 4 is 28.2 Å². The lowest BCUT2D eigenvalue weighted by Crippen LogP contribution is -2.25. The van der Waals surface area contributed by atoms with Crippen molar-refractivity contribution in [2.75, 3.05) is 0 Å². The molecular formula is C34H26N2O3. The molecule has 0 atom stereocenters. The molecule has 6 rings (SSSR count). The van der Waals surface area contributed by atoms with Crippen LogP contribution < -0.4 is 5.32 Å². The summed E-state index contributed by atoms with van der Waals surface area (Å²) in [5.74, 6) is -1.17. The Balaban J connectivity index is 1.36. The highest BCUT2D eigenvalue weighted by Crippen LogP contribution is 2.27. The van der Waals surface area contributed by atoms with Gasteiger partial charge in [-0.3, -0.25) is 4.79 Å². The first-order valence-electron chi connectivity index (χ1n) is 12.8. The number of carboxylic acid groups (broad SMARTS) is 1. The van der Waals surface area contributed by atoms with E-state index in [1.165, 1.54) is 16.3 Å². The van der Waals surface area contributed by atoms with E-state index in [0.717, 1.165) is 27.9 Å². The van der Waals surface area contributed by atoms with E-state index in [4.69, 9.17) is 5.11 Å². The SMILES string of the molecule is O=C(O)c1ccc(CNC(=O)c2cc(-c3ccccc3)cc3ccc(Cc4ccc5ccccc5c4)n23)cc1. The van der Waals surface area contributed by atoms with Gasteiger partial charge < -0.3 is 14.8 Å². The summed E-state index contributed by atoms with van der Waals surface area (Å²) in [6, 6.07) is 39.5. The largest absolute Gasteiger partial charge is 0.478 e. The molecule has 0 aliphatic carbocycles. The van der Waals surface area contributed by atoms with Gasteiger partial charge in [0.05, 0.1) is 5.56 Å². The van der Waals surface area contributed by atoms with Crippen molar-refractivity contribution in [2.45, 2.75) is 13.0 Å². The average Bonchev–Trinajstić information content (AvgIpc) is 3.38. The summed E-state index contributed by atoms with van der Waals surface area (Å²) in [5.41, 5.74) is 6.74. The minimum atomic E-state index is -0.975. The Bertz CT molecular complexity index is 1820. The van der Waals surface area contributed by atoms with Crippen LogP contribution in [0.2, 0.25) is 0 Å². The number of nitrogens with zero attached hydrogens (tertiary/aromatic N) is 1. The maximum absolute atomic E-state index is 13.6. The highest BCUT2D eigenvalue weighted by Gasteiger charge is 2.16. The van der Waals surface area contributed by atoms with Crippen LogP contribution >= 0.6 is 0 Å². The molecule has 190 valence electrons. The number of rotatable bonds is 7. The van der Waals surface area contributed by atoms with Crippen LogP contribution in [0.4, 0.5) is 0 Å². The number of nitrogens with one attached hydrogen (secondary N) is 1. The third kappa shape index (κ3) is 5.03. The van der Waals surface area contributed by atoms with Gasteiger partial charge in [-0.05, 0) is 69.4 Å². The van der Waals surface area contributed by atoms with Crippen molar-refractivity contribution in [3.8, 4) is 11.1 Å². The van der Waals surface area contributed by atoms with E-state index in [9.17, 15) is 9.59 Å². The summed E-state index contributed by atoms with van der Waals surface area (Å²) >= 11 is 0. The van der Waals surface area contributed by atoms with E-state index < -0.39 is 5.97 Å². The molecule has 0 spiro atoms. The lowest BCUT2D eigenvalue weighted by Gasteiger charge is -2.14. The normalized spacial score (nSPS) is 11.1. The fourth-order valence-corrected chi connectivity index (χ4v) is 5.01. The minimum Gasteiger partial charge on any atom is -0.478 e. The molecule has 0 radical (unpaired) electrons. The third-order valence-corrected chi connectivity index (χ3v) is 7.02. The monoisotopic (exact) mass is 510 g/mol. The van der Waals surface area contributed by atoms with Crippen LogP contribution in [-0.2, 0) is 13.0 Å². The van der Waals surface area contributed by atoms with Crippen molar-refractivity contribution < 1.29 is 14.7 Å². The molecular weight excluding hydrogens is 484 g/mol. The van der Waals surface area contributed by atoms with Crippen molar-refractivity contribution in [1.29, 1.82) is 0 Å². The third-order valence-electron chi connectivity index (χ3n) is 7.02. The van der Waals surface area contributed by atoms with Gasteiger partial charge in [0.1, 0.15) is 5.69 Å². The highest BCUT2D eigenvalue weighted by molar-refractivity contribution is 5.95. The van der Waals surface area contributed by atoms with Gasteiger partial charge in [0.25, 0.3) is 5.91 Å². The number of hydrogen-bond acceptors (Lipinski definition) is 2. The van der Waals surface area contributed by atoms with Crippen molar-refractivity contribution in [3.63, 3.8) is 0 Å². The second kappa shape index (κ2) is 10.3. The number of aromatic carboxylic acids is 1. The quantitative estimate of drug-likeness (QED) is 0.243. The predicted octanol–water partition coefficient (Wildman–Crippen LogP) is 6.98. The number of benzene rings is 4. The standard InChI is InChI=1S/C34H26N2O3/c37-33(35-22-23-10-14-27(15-11-23)34(38)39)32-21-29(25-6-2-1-3-7-25)20-31-17-16-30(36(31)32)19-24-12-13-26-8-4-5-9-28(26)18-24/h1-18,20-21H,19,22H2,(H,35,37)(H,38,39). The molecule has 2 aromatic heterocycles. The number of amides is 1. The number of carbonyl (C=O) groups is 2. The molecule has 0 aliphatic rings. The molecule has 0 aliphatic heterocycles. The highest BCUT2D eigenvalue weighted by atomic mass is 16.4. The Labute approximate surface area is 226 Å². The first-order chi connectivity index (χ1) is 19.0. The zero-order chi connectivity index (χ0) is 26.8. The number of carbonyl (C=O) groups excluding carboxylic acids is 1. The molecule has 0 unspecified atom stereocenters. The van der Waals surface area contributed by atoms with Gasteiger partial charge >= 0.3 is 5.97 Å². The summed E-state index contributed by atoms with van der Waals surface area (Å²) in [5, 5.41) is 14.6. The molecule has 0 saturated carbocycles. The van der Waals surface area contributed by atoms with Gasteiger partial charge in [0.2, 0.25) is 0 Å². The number of carboxylic acids is 1. The molecule has 1 amide bonds. The molecule has 39 heavy (non-hydrogen) atoms. The van der Waals surface area contributed by atoms with Gasteiger partial charge in [0, 0.05) is 24.2 Å². The van der Waals surface area contributed by atoms with E-state index in [2.05, 4.69) is 53.8 Å². The van der Waals surface area contributed by atoms with E-state index >= 15 is 0 Å². The minimum absolute atomic E-state index is 0.198. The second-order valence-electron chi connectivity index (χ2n) is 9.62. The maximum Gasteiger partial charge on any atom is 0.335 e. The van der Waals surface area contributed by atoms with Gasteiger partial charge in [0.15, 0.2) is 0 Å². The summed E-state index contributed by atoms with van der Waals surface area (Å²) in [4.78, 5) is 24.8. The molecule has 2 heterocycles. The molecule has 5 heteroatoms. The van der Waals surface area contributed by atoms with E-state index in [1.54, 1.807) is 24.3 Å². The number of fused-ring (bicyclic) bond motifs is 2. The molecule has 5 nitrogen and oxygen atoms in total. The second-order valence-corrected chi connectivity index (χ2v) is 9.62.